The van der Waals surface area contributed by atoms with Crippen LogP contribution in [-0.2, 0) is 0 Å². The van der Waals surface area contributed by atoms with E-state index in [1.54, 1.807) is 0 Å². The van der Waals surface area contributed by atoms with Gasteiger partial charge in [0.2, 0.25) is 0 Å². The van der Waals surface area contributed by atoms with Gasteiger partial charge in [-0.15, -0.1) is 0 Å². The zero-order valence-corrected chi connectivity index (χ0v) is 12.2. The van der Waals surface area contributed by atoms with Crippen LogP contribution in [-0.4, -0.2) is 18.7 Å². The average molecular weight is 308 g/mol. The molecule has 2 N–H and O–H groups in total. The van der Waals surface area contributed by atoms with E-state index in [1.165, 1.54) is 0 Å². The first-order valence-corrected chi connectivity index (χ1v) is 6.48. The predicted octanol–water partition coefficient (Wildman–Crippen LogP) is 2.84. The van der Waals surface area contributed by atoms with Crippen LogP contribution >= 0.6 is 27.5 Å². The Kier molecular flexibility index (Phi) is 5.09. The molecule has 0 spiro atoms. The van der Waals surface area contributed by atoms with Gasteiger partial charge in [0, 0.05) is 4.47 Å². The van der Waals surface area contributed by atoms with Crippen LogP contribution in [0.3, 0.4) is 0 Å². The zero-order valence-electron chi connectivity index (χ0n) is 9.89. The topological polar surface area (TPSA) is 25.8 Å². The lowest BCUT2D eigenvalue weighted by atomic mass is 10.1. The van der Waals surface area contributed by atoms with Crippen molar-refractivity contribution in [1.82, 2.24) is 0 Å². The van der Waals surface area contributed by atoms with Crippen molar-refractivity contribution in [3.05, 3.63) is 27.7 Å². The molecule has 0 saturated carbocycles. The Balaban J connectivity index is 2.38. The summed E-state index contributed by atoms with van der Waals surface area (Å²) in [6.07, 6.45) is 0. The third-order valence-corrected chi connectivity index (χ3v) is 2.81. The van der Waals surface area contributed by atoms with E-state index >= 15 is 0 Å². The maximum absolute atomic E-state index is 6.03. The minimum atomic E-state index is 0.243. The minimum absolute atomic E-state index is 0.243. The molecule has 4 heteroatoms. The molecule has 0 aliphatic carbocycles. The molecule has 0 bridgehead atoms. The van der Waals surface area contributed by atoms with Crippen LogP contribution in [0.4, 0.5) is 0 Å². The van der Waals surface area contributed by atoms with Crippen LogP contribution in [0.1, 0.15) is 20.8 Å². The molecule has 1 aromatic carbocycles. The van der Waals surface area contributed by atoms with Crippen LogP contribution < -0.4 is 10.1 Å². The first-order chi connectivity index (χ1) is 7.38. The van der Waals surface area contributed by atoms with E-state index in [4.69, 9.17) is 16.3 Å². The van der Waals surface area contributed by atoms with Gasteiger partial charge >= 0.3 is 0 Å². The summed E-state index contributed by atoms with van der Waals surface area (Å²) in [6, 6.07) is 5.64. The molecule has 0 radical (unpaired) electrons. The van der Waals surface area contributed by atoms with E-state index in [1.807, 2.05) is 18.2 Å². The van der Waals surface area contributed by atoms with Gasteiger partial charge in [0.1, 0.15) is 18.9 Å². The second-order valence-electron chi connectivity index (χ2n) is 4.78. The summed E-state index contributed by atoms with van der Waals surface area (Å²) in [5.41, 5.74) is 0.243. The number of quaternary nitrogens is 1. The standard InChI is InChI=1S/C12H17BrClNO/c1-12(2,3)15-6-7-16-11-5-4-9(13)8-10(11)14/h4-5,8,15H,6-7H2,1-3H3/p+1. The third kappa shape index (κ3) is 5.19. The van der Waals surface area contributed by atoms with Crippen molar-refractivity contribution in [2.75, 3.05) is 13.2 Å². The number of ether oxygens (including phenoxy) is 1. The van der Waals surface area contributed by atoms with Gasteiger partial charge in [0.05, 0.1) is 10.6 Å². The van der Waals surface area contributed by atoms with E-state index in [0.29, 0.717) is 11.6 Å². The summed E-state index contributed by atoms with van der Waals surface area (Å²) in [6.45, 7) is 8.13. The van der Waals surface area contributed by atoms with Crippen LogP contribution in [0.5, 0.6) is 5.75 Å². The van der Waals surface area contributed by atoms with Gasteiger partial charge in [-0.25, -0.2) is 0 Å². The molecule has 90 valence electrons. The Morgan fingerprint density at radius 2 is 2.06 bits per heavy atom. The van der Waals surface area contributed by atoms with Crippen molar-refractivity contribution in [3.8, 4) is 5.75 Å². The summed E-state index contributed by atoms with van der Waals surface area (Å²) in [5.74, 6) is 0.743. The molecular formula is C12H18BrClNO+. The molecule has 1 rings (SSSR count). The van der Waals surface area contributed by atoms with Gasteiger partial charge in [-0.2, -0.15) is 0 Å². The molecule has 0 heterocycles. The highest BCUT2D eigenvalue weighted by molar-refractivity contribution is 9.10. The van der Waals surface area contributed by atoms with Gasteiger partial charge in [0.25, 0.3) is 0 Å². The lowest BCUT2D eigenvalue weighted by Crippen LogP contribution is -2.95. The summed E-state index contributed by atoms with van der Waals surface area (Å²) in [5, 5.41) is 2.89. The number of hydrogen-bond acceptors (Lipinski definition) is 1. The SMILES string of the molecule is CC(C)(C)[NH2+]CCOc1ccc(Br)cc1Cl. The largest absolute Gasteiger partial charge is 0.486 e. The zero-order chi connectivity index (χ0) is 12.2. The Bertz CT molecular complexity index is 349. The monoisotopic (exact) mass is 306 g/mol. The van der Waals surface area contributed by atoms with Gasteiger partial charge in [0.15, 0.2) is 0 Å². The molecule has 0 saturated heterocycles. The fourth-order valence-electron chi connectivity index (χ4n) is 1.25. The highest BCUT2D eigenvalue weighted by Crippen LogP contribution is 2.27. The van der Waals surface area contributed by atoms with Crippen LogP contribution in [0, 0.1) is 0 Å². The Hall–Kier alpha value is -0.250. The second kappa shape index (κ2) is 5.89. The van der Waals surface area contributed by atoms with Gasteiger partial charge < -0.3 is 10.1 Å². The molecule has 16 heavy (non-hydrogen) atoms. The Morgan fingerprint density at radius 3 is 2.62 bits per heavy atom. The number of hydrogen-bond donors (Lipinski definition) is 1. The third-order valence-electron chi connectivity index (χ3n) is 2.03. The first kappa shape index (κ1) is 13.8. The van der Waals surface area contributed by atoms with Gasteiger partial charge in [-0.3, -0.25) is 0 Å². The van der Waals surface area contributed by atoms with E-state index in [-0.39, 0.29) is 5.54 Å². The van der Waals surface area contributed by atoms with Crippen molar-refractivity contribution in [1.29, 1.82) is 0 Å². The molecule has 0 fully saturated rings. The lowest BCUT2D eigenvalue weighted by molar-refractivity contribution is -0.717. The van der Waals surface area contributed by atoms with E-state index in [9.17, 15) is 0 Å². The fraction of sp³-hybridized carbons (Fsp3) is 0.500. The number of halogens is 2. The number of benzene rings is 1. The quantitative estimate of drug-likeness (QED) is 0.851. The molecular weight excluding hydrogens is 289 g/mol. The van der Waals surface area contributed by atoms with Crippen LogP contribution in [0.25, 0.3) is 0 Å². The van der Waals surface area contributed by atoms with E-state index in [2.05, 4.69) is 42.0 Å². The molecule has 0 amide bonds. The second-order valence-corrected chi connectivity index (χ2v) is 6.10. The average Bonchev–Trinajstić information content (AvgIpc) is 2.13. The molecule has 0 aliphatic heterocycles. The Morgan fingerprint density at radius 1 is 1.38 bits per heavy atom. The highest BCUT2D eigenvalue weighted by Gasteiger charge is 2.12. The summed E-state index contributed by atoms with van der Waals surface area (Å²) >= 11 is 9.39. The van der Waals surface area contributed by atoms with Crippen LogP contribution in [0.15, 0.2) is 22.7 Å². The summed E-state index contributed by atoms with van der Waals surface area (Å²) < 4.78 is 6.57. The van der Waals surface area contributed by atoms with E-state index < -0.39 is 0 Å². The van der Waals surface area contributed by atoms with Gasteiger partial charge in [-0.1, -0.05) is 27.5 Å². The minimum Gasteiger partial charge on any atom is -0.486 e. The molecule has 0 aromatic heterocycles. The maximum atomic E-state index is 6.03. The lowest BCUT2D eigenvalue weighted by Gasteiger charge is -2.17. The van der Waals surface area contributed by atoms with Crippen molar-refractivity contribution >= 4 is 27.5 Å². The van der Waals surface area contributed by atoms with E-state index in [0.717, 1.165) is 16.8 Å². The van der Waals surface area contributed by atoms with Crippen molar-refractivity contribution in [2.45, 2.75) is 26.3 Å². The molecule has 2 nitrogen and oxygen atoms in total. The molecule has 1 aromatic rings. The molecule has 0 atom stereocenters. The maximum Gasteiger partial charge on any atom is 0.138 e. The Labute approximate surface area is 110 Å². The van der Waals surface area contributed by atoms with Crippen molar-refractivity contribution in [2.24, 2.45) is 0 Å². The number of rotatable bonds is 4. The predicted molar refractivity (Wildman–Crippen MR) is 71.2 cm³/mol. The van der Waals surface area contributed by atoms with Crippen molar-refractivity contribution in [3.63, 3.8) is 0 Å². The first-order valence-electron chi connectivity index (χ1n) is 5.31. The van der Waals surface area contributed by atoms with Gasteiger partial charge in [-0.05, 0) is 39.0 Å². The normalized spacial score (nSPS) is 11.6. The molecule has 0 unspecified atom stereocenters. The summed E-state index contributed by atoms with van der Waals surface area (Å²) in [4.78, 5) is 0. The fourth-order valence-corrected chi connectivity index (χ4v) is 1.98. The molecule has 0 aliphatic rings. The van der Waals surface area contributed by atoms with Crippen molar-refractivity contribution < 1.29 is 10.1 Å². The highest BCUT2D eigenvalue weighted by atomic mass is 79.9. The number of nitrogens with two attached hydrogens (primary N) is 1. The summed E-state index contributed by atoms with van der Waals surface area (Å²) in [7, 11) is 0. The van der Waals surface area contributed by atoms with Crippen LogP contribution in [0.2, 0.25) is 5.02 Å². The smallest absolute Gasteiger partial charge is 0.138 e.